The van der Waals surface area contributed by atoms with Crippen molar-refractivity contribution >= 4 is 23.5 Å². The summed E-state index contributed by atoms with van der Waals surface area (Å²) in [6.45, 7) is 5.23. The van der Waals surface area contributed by atoms with Crippen molar-refractivity contribution in [2.24, 2.45) is 0 Å². The van der Waals surface area contributed by atoms with E-state index in [9.17, 15) is 9.59 Å². The van der Waals surface area contributed by atoms with Gasteiger partial charge in [-0.15, -0.1) is 0 Å². The summed E-state index contributed by atoms with van der Waals surface area (Å²) in [5.41, 5.74) is 0.955. The van der Waals surface area contributed by atoms with Crippen LogP contribution >= 0.6 is 11.6 Å². The fraction of sp³-hybridized carbons (Fsp3) is 0.333. The van der Waals surface area contributed by atoms with Gasteiger partial charge in [-0.2, -0.15) is 0 Å². The molecule has 0 radical (unpaired) electrons. The molecule has 0 aliphatic heterocycles. The van der Waals surface area contributed by atoms with E-state index in [-0.39, 0.29) is 18.0 Å². The fourth-order valence-corrected chi connectivity index (χ4v) is 2.52. The summed E-state index contributed by atoms with van der Waals surface area (Å²) >= 11 is 5.97. The number of carboxylic acids is 1. The number of nitrogens with zero attached hydrogens (tertiary/aromatic N) is 1. The van der Waals surface area contributed by atoms with Crippen LogP contribution in [0.25, 0.3) is 0 Å². The molecule has 6 nitrogen and oxygen atoms in total. The Balaban J connectivity index is 2.02. The van der Waals surface area contributed by atoms with Gasteiger partial charge < -0.3 is 19.2 Å². The number of hydrogen-bond acceptors (Lipinski definition) is 4. The Bertz CT molecular complexity index is 799. The van der Waals surface area contributed by atoms with E-state index in [4.69, 9.17) is 25.9 Å². The maximum Gasteiger partial charge on any atom is 0.339 e. The molecule has 2 aromatic rings. The first-order valence-electron chi connectivity index (χ1n) is 7.69. The number of furan rings is 1. The molecule has 1 amide bonds. The first-order chi connectivity index (χ1) is 11.7. The van der Waals surface area contributed by atoms with Crippen LogP contribution in [0.3, 0.4) is 0 Å². The van der Waals surface area contributed by atoms with Crippen LogP contribution in [0.5, 0.6) is 5.75 Å². The lowest BCUT2D eigenvalue weighted by Crippen LogP contribution is -2.37. The van der Waals surface area contributed by atoms with Crippen LogP contribution in [0, 0.1) is 13.8 Å². The van der Waals surface area contributed by atoms with Gasteiger partial charge in [0.15, 0.2) is 6.10 Å². The molecule has 0 spiro atoms. The third kappa shape index (κ3) is 4.54. The molecular weight excluding hydrogens is 346 g/mol. The molecule has 1 N–H and O–H groups in total. The SMILES string of the molecule is Cc1cc(OC(C)C(=O)N(C)Cc2cc(C(=O)O)c(C)o2)ccc1Cl. The van der Waals surface area contributed by atoms with E-state index in [1.54, 1.807) is 39.1 Å². The number of amides is 1. The van der Waals surface area contributed by atoms with Gasteiger partial charge in [0.05, 0.1) is 6.54 Å². The largest absolute Gasteiger partial charge is 0.481 e. The predicted octanol–water partition coefficient (Wildman–Crippen LogP) is 3.67. The van der Waals surface area contributed by atoms with Gasteiger partial charge in [0.2, 0.25) is 0 Å². The lowest BCUT2D eigenvalue weighted by molar-refractivity contribution is -0.137. The molecule has 0 bridgehead atoms. The average Bonchev–Trinajstić information content (AvgIpc) is 2.90. The second-order valence-corrected chi connectivity index (χ2v) is 6.26. The number of carboxylic acid groups (broad SMARTS) is 1. The minimum Gasteiger partial charge on any atom is -0.481 e. The van der Waals surface area contributed by atoms with E-state index < -0.39 is 12.1 Å². The Labute approximate surface area is 150 Å². The highest BCUT2D eigenvalue weighted by Crippen LogP contribution is 2.22. The maximum atomic E-state index is 12.4. The number of carbonyl (C=O) groups is 2. The number of hydrogen-bond donors (Lipinski definition) is 1. The lowest BCUT2D eigenvalue weighted by atomic mass is 10.2. The highest BCUT2D eigenvalue weighted by Gasteiger charge is 2.22. The van der Waals surface area contributed by atoms with Gasteiger partial charge in [-0.25, -0.2) is 4.79 Å². The van der Waals surface area contributed by atoms with Crippen LogP contribution in [0.2, 0.25) is 5.02 Å². The molecule has 7 heteroatoms. The molecule has 1 aromatic heterocycles. The first kappa shape index (κ1) is 18.9. The summed E-state index contributed by atoms with van der Waals surface area (Å²) in [7, 11) is 1.60. The number of carbonyl (C=O) groups excluding carboxylic acids is 1. The third-order valence-corrected chi connectivity index (χ3v) is 4.18. The highest BCUT2D eigenvalue weighted by molar-refractivity contribution is 6.31. The summed E-state index contributed by atoms with van der Waals surface area (Å²) in [6, 6.07) is 6.61. The summed E-state index contributed by atoms with van der Waals surface area (Å²) in [6.07, 6.45) is -0.708. The van der Waals surface area contributed by atoms with Crippen molar-refractivity contribution in [1.29, 1.82) is 0 Å². The predicted molar refractivity (Wildman–Crippen MR) is 93.2 cm³/mol. The quantitative estimate of drug-likeness (QED) is 0.844. The molecule has 1 aromatic carbocycles. The minimum atomic E-state index is -1.06. The molecule has 2 rings (SSSR count). The van der Waals surface area contributed by atoms with Crippen molar-refractivity contribution in [2.45, 2.75) is 33.4 Å². The van der Waals surface area contributed by atoms with Crippen molar-refractivity contribution in [1.82, 2.24) is 4.90 Å². The molecule has 0 fully saturated rings. The van der Waals surface area contributed by atoms with Gasteiger partial charge in [0.1, 0.15) is 22.8 Å². The Morgan fingerprint density at radius 3 is 2.56 bits per heavy atom. The first-order valence-corrected chi connectivity index (χ1v) is 8.07. The van der Waals surface area contributed by atoms with E-state index in [0.29, 0.717) is 22.3 Å². The summed E-state index contributed by atoms with van der Waals surface area (Å²) in [5.74, 6) is -0.0439. The Morgan fingerprint density at radius 2 is 2.00 bits per heavy atom. The van der Waals surface area contributed by atoms with Gasteiger partial charge >= 0.3 is 5.97 Å². The molecule has 0 aliphatic carbocycles. The summed E-state index contributed by atoms with van der Waals surface area (Å²) in [4.78, 5) is 24.9. The molecule has 0 saturated heterocycles. The van der Waals surface area contributed by atoms with Crippen LogP contribution < -0.4 is 4.74 Å². The van der Waals surface area contributed by atoms with Gasteiger partial charge in [0, 0.05) is 12.1 Å². The number of rotatable bonds is 6. The van der Waals surface area contributed by atoms with E-state index in [2.05, 4.69) is 0 Å². The number of ether oxygens (including phenoxy) is 1. The standard InChI is InChI=1S/C18H20ClNO5/c1-10-7-13(5-6-16(10)19)25-12(3)17(21)20(4)9-14-8-15(18(22)23)11(2)24-14/h5-8,12H,9H2,1-4H3,(H,22,23). The second kappa shape index (κ2) is 7.61. The van der Waals surface area contributed by atoms with Gasteiger partial charge in [-0.3, -0.25) is 4.79 Å². The van der Waals surface area contributed by atoms with Crippen LogP contribution in [0.1, 0.15) is 34.4 Å². The average molecular weight is 366 g/mol. The van der Waals surface area contributed by atoms with Crippen LogP contribution in [-0.2, 0) is 11.3 Å². The van der Waals surface area contributed by atoms with Gasteiger partial charge in [-0.05, 0) is 50.6 Å². The normalized spacial score (nSPS) is 11.9. The number of likely N-dealkylation sites (N-methyl/N-ethyl adjacent to an activating group) is 1. The molecule has 25 heavy (non-hydrogen) atoms. The molecule has 0 saturated carbocycles. The van der Waals surface area contributed by atoms with Crippen molar-refractivity contribution in [2.75, 3.05) is 7.05 Å². The van der Waals surface area contributed by atoms with Gasteiger partial charge in [-0.1, -0.05) is 11.6 Å². The molecule has 134 valence electrons. The Hall–Kier alpha value is -2.47. The molecule has 1 heterocycles. The lowest BCUT2D eigenvalue weighted by Gasteiger charge is -2.21. The molecular formula is C18H20ClNO5. The van der Waals surface area contributed by atoms with Crippen molar-refractivity contribution in [3.63, 3.8) is 0 Å². The molecule has 1 unspecified atom stereocenters. The fourth-order valence-electron chi connectivity index (χ4n) is 2.40. The van der Waals surface area contributed by atoms with Crippen molar-refractivity contribution < 1.29 is 23.8 Å². The smallest absolute Gasteiger partial charge is 0.339 e. The number of halogens is 1. The zero-order valence-electron chi connectivity index (χ0n) is 14.5. The minimum absolute atomic E-state index is 0.0942. The third-order valence-electron chi connectivity index (χ3n) is 3.76. The van der Waals surface area contributed by atoms with E-state index in [1.807, 2.05) is 6.92 Å². The van der Waals surface area contributed by atoms with E-state index >= 15 is 0 Å². The van der Waals surface area contributed by atoms with E-state index in [1.165, 1.54) is 11.0 Å². The van der Waals surface area contributed by atoms with Crippen molar-refractivity contribution in [3.05, 3.63) is 51.9 Å². The molecule has 1 atom stereocenters. The maximum absolute atomic E-state index is 12.4. The Morgan fingerprint density at radius 1 is 1.32 bits per heavy atom. The summed E-state index contributed by atoms with van der Waals surface area (Å²) < 4.78 is 11.1. The number of benzene rings is 1. The zero-order chi connectivity index (χ0) is 18.7. The second-order valence-electron chi connectivity index (χ2n) is 5.85. The highest BCUT2D eigenvalue weighted by atomic mass is 35.5. The monoisotopic (exact) mass is 365 g/mol. The zero-order valence-corrected chi connectivity index (χ0v) is 15.3. The van der Waals surface area contributed by atoms with Crippen LogP contribution in [0.15, 0.2) is 28.7 Å². The molecule has 0 aliphatic rings. The van der Waals surface area contributed by atoms with E-state index in [0.717, 1.165) is 5.56 Å². The van der Waals surface area contributed by atoms with Gasteiger partial charge in [0.25, 0.3) is 5.91 Å². The number of aryl methyl sites for hydroxylation is 2. The topological polar surface area (TPSA) is 80.0 Å². The summed E-state index contributed by atoms with van der Waals surface area (Å²) in [5, 5.41) is 9.68. The van der Waals surface area contributed by atoms with Crippen LogP contribution in [0.4, 0.5) is 0 Å². The van der Waals surface area contributed by atoms with Crippen LogP contribution in [-0.4, -0.2) is 35.0 Å². The number of aromatic carboxylic acids is 1. The van der Waals surface area contributed by atoms with Crippen molar-refractivity contribution in [3.8, 4) is 5.75 Å². The Kier molecular flexibility index (Phi) is 5.74.